The molecule has 0 aliphatic heterocycles. The first-order chi connectivity index (χ1) is 14.6. The summed E-state index contributed by atoms with van der Waals surface area (Å²) in [5.41, 5.74) is 20.4. The van der Waals surface area contributed by atoms with E-state index >= 15 is 0 Å². The van der Waals surface area contributed by atoms with Gasteiger partial charge in [0, 0.05) is 32.5 Å². The van der Waals surface area contributed by atoms with Gasteiger partial charge in [0.2, 0.25) is 0 Å². The van der Waals surface area contributed by atoms with E-state index in [9.17, 15) is 4.57 Å². The molecule has 0 fully saturated rings. The smallest absolute Gasteiger partial charge is 0.171 e. The second-order valence-electron chi connectivity index (χ2n) is 10.4. The predicted octanol–water partition coefficient (Wildman–Crippen LogP) is 3.91. The predicted molar refractivity (Wildman–Crippen MR) is 137 cm³/mol. The first-order valence-electron chi connectivity index (χ1n) is 10.9. The molecule has 0 bridgehead atoms. The highest BCUT2D eigenvalue weighted by atomic mass is 31.2. The lowest BCUT2D eigenvalue weighted by Gasteiger charge is -2.25. The third kappa shape index (κ3) is 4.89. The zero-order valence-corrected chi connectivity index (χ0v) is 20.9. The maximum Gasteiger partial charge on any atom is 0.171 e. The number of hydrogen-bond acceptors (Lipinski definition) is 4. The largest absolute Gasteiger partial charge is 0.322 e. The lowest BCUT2D eigenvalue weighted by Crippen LogP contribution is -2.31. The number of rotatable bonds is 6. The van der Waals surface area contributed by atoms with Crippen LogP contribution < -0.4 is 33.1 Å². The van der Waals surface area contributed by atoms with Crippen molar-refractivity contribution in [2.24, 2.45) is 17.2 Å². The SMILES string of the molecule is CC(C)(N)c1ccc(P(=O)(c2ccc(C(C)(C)N)cc2)c2ccc(C(C)(C)N)cc2)cc1. The standard InChI is InChI=1S/C27H36N3OP/c1-25(2,28)19-7-13-22(14-8-19)32(31,23-15-9-20(10-16-23)26(3,4)29)24-17-11-21(12-18-24)27(5,6)30/h7-18H,28-30H2,1-6H3. The highest BCUT2D eigenvalue weighted by Gasteiger charge is 2.31. The highest BCUT2D eigenvalue weighted by Crippen LogP contribution is 2.43. The second kappa shape index (κ2) is 8.28. The summed E-state index contributed by atoms with van der Waals surface area (Å²) in [6.07, 6.45) is 0. The quantitative estimate of drug-likeness (QED) is 0.497. The van der Waals surface area contributed by atoms with E-state index in [0.717, 1.165) is 32.6 Å². The van der Waals surface area contributed by atoms with Gasteiger partial charge in [0.05, 0.1) is 0 Å². The topological polar surface area (TPSA) is 95.1 Å². The van der Waals surface area contributed by atoms with Crippen molar-refractivity contribution in [1.29, 1.82) is 0 Å². The summed E-state index contributed by atoms with van der Waals surface area (Å²) >= 11 is 0. The van der Waals surface area contributed by atoms with E-state index < -0.39 is 23.8 Å². The molecule has 3 aromatic rings. The first-order valence-corrected chi connectivity index (χ1v) is 12.6. The maximum atomic E-state index is 14.8. The Morgan fingerprint density at radius 2 is 0.656 bits per heavy atom. The summed E-state index contributed by atoms with van der Waals surface area (Å²) in [5.74, 6) is 0. The van der Waals surface area contributed by atoms with Crippen molar-refractivity contribution in [3.05, 3.63) is 89.5 Å². The molecule has 32 heavy (non-hydrogen) atoms. The average Bonchev–Trinajstić information content (AvgIpc) is 2.71. The molecule has 3 rings (SSSR count). The van der Waals surface area contributed by atoms with Crippen LogP contribution >= 0.6 is 7.14 Å². The fourth-order valence-corrected chi connectivity index (χ4v) is 6.35. The van der Waals surface area contributed by atoms with E-state index in [1.54, 1.807) is 0 Å². The minimum Gasteiger partial charge on any atom is -0.322 e. The van der Waals surface area contributed by atoms with Gasteiger partial charge in [-0.3, -0.25) is 0 Å². The summed E-state index contributed by atoms with van der Waals surface area (Å²) in [6, 6.07) is 23.4. The molecule has 170 valence electrons. The van der Waals surface area contributed by atoms with Gasteiger partial charge < -0.3 is 21.8 Å². The summed E-state index contributed by atoms with van der Waals surface area (Å²) < 4.78 is 14.8. The van der Waals surface area contributed by atoms with Crippen molar-refractivity contribution < 1.29 is 4.57 Å². The van der Waals surface area contributed by atoms with E-state index in [2.05, 4.69) is 0 Å². The molecule has 0 saturated carbocycles. The Hall–Kier alpha value is -2.23. The van der Waals surface area contributed by atoms with Crippen molar-refractivity contribution in [3.8, 4) is 0 Å². The van der Waals surface area contributed by atoms with Crippen LogP contribution in [0.15, 0.2) is 72.8 Å². The molecule has 0 spiro atoms. The maximum absolute atomic E-state index is 14.8. The van der Waals surface area contributed by atoms with Crippen molar-refractivity contribution in [2.45, 2.75) is 58.2 Å². The van der Waals surface area contributed by atoms with Crippen molar-refractivity contribution in [2.75, 3.05) is 0 Å². The molecule has 5 heteroatoms. The van der Waals surface area contributed by atoms with Crippen LogP contribution in [0, 0.1) is 0 Å². The number of hydrogen-bond donors (Lipinski definition) is 3. The Morgan fingerprint density at radius 1 is 0.469 bits per heavy atom. The van der Waals surface area contributed by atoms with Crippen LogP contribution in [-0.4, -0.2) is 0 Å². The zero-order valence-electron chi connectivity index (χ0n) is 20.0. The van der Waals surface area contributed by atoms with Gasteiger partial charge in [-0.2, -0.15) is 0 Å². The Bertz CT molecular complexity index is 966. The van der Waals surface area contributed by atoms with Gasteiger partial charge >= 0.3 is 0 Å². The van der Waals surface area contributed by atoms with Crippen LogP contribution in [0.1, 0.15) is 58.2 Å². The molecule has 0 amide bonds. The van der Waals surface area contributed by atoms with Crippen LogP contribution in [-0.2, 0) is 21.2 Å². The van der Waals surface area contributed by atoms with Crippen molar-refractivity contribution in [3.63, 3.8) is 0 Å². The Morgan fingerprint density at radius 3 is 0.812 bits per heavy atom. The summed E-state index contributed by atoms with van der Waals surface area (Å²) in [4.78, 5) is 0. The molecular formula is C27H36N3OP. The molecular weight excluding hydrogens is 413 g/mol. The van der Waals surface area contributed by atoms with Crippen molar-refractivity contribution >= 4 is 23.1 Å². The summed E-state index contributed by atoms with van der Waals surface area (Å²) in [6.45, 7) is 11.8. The molecule has 4 nitrogen and oxygen atoms in total. The number of nitrogens with two attached hydrogens (primary N) is 3. The molecule has 3 aromatic carbocycles. The van der Waals surface area contributed by atoms with E-state index in [0.29, 0.717) is 0 Å². The van der Waals surface area contributed by atoms with Crippen molar-refractivity contribution in [1.82, 2.24) is 0 Å². The molecule has 0 aliphatic carbocycles. The highest BCUT2D eigenvalue weighted by molar-refractivity contribution is 7.85. The van der Waals surface area contributed by atoms with E-state index in [-0.39, 0.29) is 0 Å². The molecule has 6 N–H and O–H groups in total. The summed E-state index contributed by atoms with van der Waals surface area (Å²) in [7, 11) is -3.12. The molecule has 0 saturated heterocycles. The fraction of sp³-hybridized carbons (Fsp3) is 0.333. The minimum absolute atomic E-state index is 0.467. The van der Waals surface area contributed by atoms with E-state index in [1.165, 1.54) is 0 Å². The van der Waals surface area contributed by atoms with E-state index in [1.807, 2.05) is 114 Å². The summed E-state index contributed by atoms with van der Waals surface area (Å²) in [5, 5.41) is 2.31. The van der Waals surface area contributed by atoms with Gasteiger partial charge in [-0.05, 0) is 58.2 Å². The molecule has 0 atom stereocenters. The van der Waals surface area contributed by atoms with E-state index in [4.69, 9.17) is 17.2 Å². The van der Waals surface area contributed by atoms with Gasteiger partial charge in [0.1, 0.15) is 0 Å². The molecule has 0 aliphatic rings. The molecule has 0 heterocycles. The van der Waals surface area contributed by atoms with Crippen LogP contribution in [0.2, 0.25) is 0 Å². The Kier molecular flexibility index (Phi) is 6.32. The molecule has 0 unspecified atom stereocenters. The van der Waals surface area contributed by atoms with Gasteiger partial charge in [-0.25, -0.2) is 0 Å². The van der Waals surface area contributed by atoms with Gasteiger partial charge in [0.15, 0.2) is 7.14 Å². The van der Waals surface area contributed by atoms with Gasteiger partial charge in [-0.15, -0.1) is 0 Å². The molecule has 0 radical (unpaired) electrons. The second-order valence-corrected chi connectivity index (χ2v) is 13.2. The van der Waals surface area contributed by atoms with Crippen LogP contribution in [0.25, 0.3) is 0 Å². The first kappa shape index (κ1) is 24.4. The van der Waals surface area contributed by atoms with Crippen LogP contribution in [0.5, 0.6) is 0 Å². The fourth-order valence-electron chi connectivity index (χ4n) is 3.75. The monoisotopic (exact) mass is 449 g/mol. The zero-order chi connectivity index (χ0) is 23.9. The van der Waals surface area contributed by atoms with Gasteiger partial charge in [-0.1, -0.05) is 72.8 Å². The molecule has 0 aromatic heterocycles. The average molecular weight is 450 g/mol. The third-order valence-corrected chi connectivity index (χ3v) is 9.00. The number of benzene rings is 3. The minimum atomic E-state index is -3.12. The third-order valence-electron chi connectivity index (χ3n) is 5.92. The van der Waals surface area contributed by atoms with Gasteiger partial charge in [0.25, 0.3) is 0 Å². The lowest BCUT2D eigenvalue weighted by molar-refractivity contribution is 0.554. The Balaban J connectivity index is 2.18. The van der Waals surface area contributed by atoms with Crippen LogP contribution in [0.4, 0.5) is 0 Å². The normalized spacial score (nSPS) is 13.3. The Labute approximate surface area is 192 Å². The van der Waals surface area contributed by atoms with Crippen LogP contribution in [0.3, 0.4) is 0 Å². The lowest BCUT2D eigenvalue weighted by atomic mass is 9.96.